The highest BCUT2D eigenvalue weighted by Gasteiger charge is 2.26. The molecule has 4 heteroatoms. The third-order valence-corrected chi connectivity index (χ3v) is 3.32. The zero-order chi connectivity index (χ0) is 16.4. The van der Waals surface area contributed by atoms with Crippen molar-refractivity contribution in [3.63, 3.8) is 0 Å². The number of phenolic OH excluding ortho intramolecular Hbond substituents is 1. The summed E-state index contributed by atoms with van der Waals surface area (Å²) in [6.45, 7) is 12.3. The molecule has 0 bridgehead atoms. The molecular formula is C17H26N2O2. The quantitative estimate of drug-likeness (QED) is 0.339. The van der Waals surface area contributed by atoms with Crippen molar-refractivity contribution in [1.82, 2.24) is 5.43 Å². The Hall–Kier alpha value is -1.81. The molecule has 21 heavy (non-hydrogen) atoms. The normalized spacial score (nSPS) is 12.7. The van der Waals surface area contributed by atoms with E-state index in [0.29, 0.717) is 5.75 Å². The lowest BCUT2D eigenvalue weighted by Gasteiger charge is -2.27. The number of phenols is 1. The molecule has 4 N–H and O–H groups in total. The summed E-state index contributed by atoms with van der Waals surface area (Å²) >= 11 is 0. The van der Waals surface area contributed by atoms with E-state index in [9.17, 15) is 9.90 Å². The molecule has 0 spiro atoms. The van der Waals surface area contributed by atoms with Crippen LogP contribution in [0.3, 0.4) is 0 Å². The van der Waals surface area contributed by atoms with Gasteiger partial charge in [-0.25, -0.2) is 5.84 Å². The van der Waals surface area contributed by atoms with Crippen molar-refractivity contribution in [2.45, 2.75) is 52.4 Å². The number of hydrogen-bond donors (Lipinski definition) is 3. The summed E-state index contributed by atoms with van der Waals surface area (Å²) in [5.74, 6) is 5.03. The predicted octanol–water partition coefficient (Wildman–Crippen LogP) is 2.99. The molecule has 0 aromatic heterocycles. The first-order valence-corrected chi connectivity index (χ1v) is 7.03. The van der Waals surface area contributed by atoms with Crippen LogP contribution in [-0.4, -0.2) is 11.0 Å². The van der Waals surface area contributed by atoms with Crippen molar-refractivity contribution in [1.29, 1.82) is 0 Å². The van der Waals surface area contributed by atoms with E-state index in [0.717, 1.165) is 16.7 Å². The van der Waals surface area contributed by atoms with Crippen molar-refractivity contribution < 1.29 is 9.90 Å². The van der Waals surface area contributed by atoms with E-state index in [1.165, 1.54) is 6.08 Å². The Bertz CT molecular complexity index is 526. The fourth-order valence-electron chi connectivity index (χ4n) is 2.12. The van der Waals surface area contributed by atoms with Crippen LogP contribution in [0.1, 0.15) is 58.2 Å². The summed E-state index contributed by atoms with van der Waals surface area (Å²) in [4.78, 5) is 11.2. The second-order valence-corrected chi connectivity index (χ2v) is 7.31. The molecule has 0 saturated carbocycles. The number of amides is 1. The fraction of sp³-hybridized carbons (Fsp3) is 0.471. The first-order chi connectivity index (χ1) is 9.46. The molecule has 1 rings (SSSR count). The lowest BCUT2D eigenvalue weighted by atomic mass is 9.78. The molecule has 0 saturated heterocycles. The standard InChI is InChI=1S/C17H26N2O2/c1-16(2,3)12-9-11(7-8-14(20)19-18)10-13(15(12)21)17(4,5)6/h7-10,21H,18H2,1-6H3,(H,19,20)/b8-7+. The van der Waals surface area contributed by atoms with Gasteiger partial charge in [-0.15, -0.1) is 0 Å². The maximum Gasteiger partial charge on any atom is 0.257 e. The van der Waals surface area contributed by atoms with Crippen molar-refractivity contribution >= 4 is 12.0 Å². The molecule has 4 nitrogen and oxygen atoms in total. The van der Waals surface area contributed by atoms with Crippen molar-refractivity contribution in [2.75, 3.05) is 0 Å². The van der Waals surface area contributed by atoms with Crippen molar-refractivity contribution in [2.24, 2.45) is 5.84 Å². The second-order valence-electron chi connectivity index (χ2n) is 7.31. The summed E-state index contributed by atoms with van der Waals surface area (Å²) in [5.41, 5.74) is 4.27. The SMILES string of the molecule is CC(C)(C)c1cc(/C=C/C(=O)NN)cc(C(C)(C)C)c1O. The minimum absolute atomic E-state index is 0.190. The summed E-state index contributed by atoms with van der Waals surface area (Å²) in [5, 5.41) is 10.6. The van der Waals surface area contributed by atoms with E-state index >= 15 is 0 Å². The highest BCUT2D eigenvalue weighted by atomic mass is 16.3. The van der Waals surface area contributed by atoms with Gasteiger partial charge in [0, 0.05) is 17.2 Å². The third kappa shape index (κ3) is 4.33. The lowest BCUT2D eigenvalue weighted by Crippen LogP contribution is -2.27. The molecule has 0 atom stereocenters. The summed E-state index contributed by atoms with van der Waals surface area (Å²) in [6.07, 6.45) is 3.08. The second kappa shape index (κ2) is 5.90. The minimum atomic E-state index is -0.363. The van der Waals surface area contributed by atoms with Gasteiger partial charge in [-0.05, 0) is 34.6 Å². The monoisotopic (exact) mass is 290 g/mol. The third-order valence-electron chi connectivity index (χ3n) is 3.32. The zero-order valence-corrected chi connectivity index (χ0v) is 13.7. The maximum atomic E-state index is 11.2. The highest BCUT2D eigenvalue weighted by Crippen LogP contribution is 2.39. The van der Waals surface area contributed by atoms with E-state index < -0.39 is 0 Å². The molecule has 0 aliphatic carbocycles. The molecule has 0 fully saturated rings. The molecule has 1 aromatic rings. The van der Waals surface area contributed by atoms with E-state index in [-0.39, 0.29) is 16.7 Å². The van der Waals surface area contributed by atoms with Gasteiger partial charge in [-0.3, -0.25) is 10.2 Å². The average molecular weight is 290 g/mol. The maximum absolute atomic E-state index is 11.2. The number of rotatable bonds is 2. The van der Waals surface area contributed by atoms with Gasteiger partial charge in [0.05, 0.1) is 0 Å². The Morgan fingerprint density at radius 3 is 1.86 bits per heavy atom. The highest BCUT2D eigenvalue weighted by molar-refractivity contribution is 5.91. The molecule has 0 aliphatic heterocycles. The van der Waals surface area contributed by atoms with Crippen LogP contribution in [0.4, 0.5) is 0 Å². The van der Waals surface area contributed by atoms with Gasteiger partial charge in [-0.2, -0.15) is 0 Å². The molecule has 116 valence electrons. The van der Waals surface area contributed by atoms with Crippen LogP contribution in [0.5, 0.6) is 5.75 Å². The molecule has 0 aliphatic rings. The van der Waals surface area contributed by atoms with Crippen LogP contribution in [0.25, 0.3) is 6.08 Å². The van der Waals surface area contributed by atoms with Crippen LogP contribution in [-0.2, 0) is 15.6 Å². The molecule has 0 unspecified atom stereocenters. The first kappa shape index (κ1) is 17.2. The van der Waals surface area contributed by atoms with E-state index in [1.54, 1.807) is 6.08 Å². The number of hydrazine groups is 1. The van der Waals surface area contributed by atoms with Crippen molar-refractivity contribution in [3.05, 3.63) is 34.9 Å². The summed E-state index contributed by atoms with van der Waals surface area (Å²) in [6, 6.07) is 3.82. The van der Waals surface area contributed by atoms with Crippen LogP contribution in [0.2, 0.25) is 0 Å². The predicted molar refractivity (Wildman–Crippen MR) is 86.9 cm³/mol. The number of benzene rings is 1. The Labute approximate surface area is 127 Å². The molecule has 0 radical (unpaired) electrons. The Kier molecular flexibility index (Phi) is 4.84. The molecule has 0 heterocycles. The van der Waals surface area contributed by atoms with Gasteiger partial charge in [0.1, 0.15) is 5.75 Å². The topological polar surface area (TPSA) is 75.4 Å². The van der Waals surface area contributed by atoms with Gasteiger partial charge in [-0.1, -0.05) is 41.5 Å². The number of carbonyl (C=O) groups excluding carboxylic acids is 1. The van der Waals surface area contributed by atoms with Gasteiger partial charge in [0.2, 0.25) is 0 Å². The average Bonchev–Trinajstić information content (AvgIpc) is 2.34. The number of nitrogens with two attached hydrogens (primary N) is 1. The molecular weight excluding hydrogens is 264 g/mol. The number of carbonyl (C=O) groups is 1. The fourth-order valence-corrected chi connectivity index (χ4v) is 2.12. The van der Waals surface area contributed by atoms with Crippen LogP contribution in [0.15, 0.2) is 18.2 Å². The smallest absolute Gasteiger partial charge is 0.257 e. The van der Waals surface area contributed by atoms with Crippen LogP contribution >= 0.6 is 0 Å². The van der Waals surface area contributed by atoms with Gasteiger partial charge >= 0.3 is 0 Å². The van der Waals surface area contributed by atoms with Crippen LogP contribution < -0.4 is 11.3 Å². The van der Waals surface area contributed by atoms with E-state index in [2.05, 4.69) is 47.0 Å². The summed E-state index contributed by atoms with van der Waals surface area (Å²) in [7, 11) is 0. The Morgan fingerprint density at radius 1 is 1.10 bits per heavy atom. The van der Waals surface area contributed by atoms with Crippen LogP contribution in [0, 0.1) is 0 Å². The van der Waals surface area contributed by atoms with E-state index in [1.807, 2.05) is 12.1 Å². The Balaban J connectivity index is 3.48. The van der Waals surface area contributed by atoms with Gasteiger partial charge in [0.15, 0.2) is 0 Å². The molecule has 1 amide bonds. The largest absolute Gasteiger partial charge is 0.507 e. The van der Waals surface area contributed by atoms with Gasteiger partial charge < -0.3 is 5.11 Å². The Morgan fingerprint density at radius 2 is 1.52 bits per heavy atom. The number of nitrogens with one attached hydrogen (secondary N) is 1. The number of hydrogen-bond acceptors (Lipinski definition) is 3. The van der Waals surface area contributed by atoms with Crippen molar-refractivity contribution in [3.8, 4) is 5.75 Å². The zero-order valence-electron chi connectivity index (χ0n) is 13.7. The first-order valence-electron chi connectivity index (χ1n) is 7.03. The lowest BCUT2D eigenvalue weighted by molar-refractivity contribution is -0.116. The minimum Gasteiger partial charge on any atom is -0.507 e. The number of aromatic hydroxyl groups is 1. The van der Waals surface area contributed by atoms with Gasteiger partial charge in [0.25, 0.3) is 5.91 Å². The van der Waals surface area contributed by atoms with E-state index in [4.69, 9.17) is 5.84 Å². The molecule has 1 aromatic carbocycles. The summed E-state index contributed by atoms with van der Waals surface area (Å²) < 4.78 is 0.